The summed E-state index contributed by atoms with van der Waals surface area (Å²) in [5.74, 6) is -0.358. The van der Waals surface area contributed by atoms with Crippen molar-refractivity contribution < 1.29 is 4.79 Å². The van der Waals surface area contributed by atoms with E-state index in [-0.39, 0.29) is 5.91 Å². The second-order valence-corrected chi connectivity index (χ2v) is 5.37. The van der Waals surface area contributed by atoms with Gasteiger partial charge in [0.2, 0.25) is 5.91 Å². The van der Waals surface area contributed by atoms with Crippen molar-refractivity contribution in [3.05, 3.63) is 34.9 Å². The number of piperidine rings is 1. The number of nitrogens with one attached hydrogen (secondary N) is 1. The molecule has 1 heterocycles. The molecule has 3 N–H and O–H groups in total. The average molecular weight is 261 g/mol. The van der Waals surface area contributed by atoms with E-state index < -0.39 is 0 Å². The smallest absolute Gasteiger partial charge is 0.248 e. The molecule has 104 valence electrons. The fourth-order valence-electron chi connectivity index (χ4n) is 2.70. The van der Waals surface area contributed by atoms with Crippen LogP contribution in [-0.2, 0) is 6.54 Å². The first kappa shape index (κ1) is 14.0. The Hall–Kier alpha value is -1.39. The van der Waals surface area contributed by atoms with Crippen molar-refractivity contribution >= 4 is 5.91 Å². The Bertz CT molecular complexity index is 459. The van der Waals surface area contributed by atoms with Gasteiger partial charge in [0, 0.05) is 24.7 Å². The molecule has 1 amide bonds. The molecule has 1 unspecified atom stereocenters. The van der Waals surface area contributed by atoms with E-state index in [9.17, 15) is 4.79 Å². The number of likely N-dealkylation sites (N-methyl/N-ethyl adjacent to an activating group) is 1. The third-order valence-electron chi connectivity index (χ3n) is 3.93. The molecule has 0 aromatic heterocycles. The van der Waals surface area contributed by atoms with Gasteiger partial charge in [0.1, 0.15) is 0 Å². The van der Waals surface area contributed by atoms with Crippen LogP contribution in [0.1, 0.15) is 34.3 Å². The van der Waals surface area contributed by atoms with E-state index in [1.807, 2.05) is 32.2 Å². The molecule has 0 radical (unpaired) electrons. The van der Waals surface area contributed by atoms with Gasteiger partial charge < -0.3 is 11.1 Å². The molecular formula is C15H23N3O. The van der Waals surface area contributed by atoms with Crippen LogP contribution in [0.3, 0.4) is 0 Å². The zero-order valence-electron chi connectivity index (χ0n) is 11.8. The van der Waals surface area contributed by atoms with E-state index in [0.29, 0.717) is 11.6 Å². The summed E-state index contributed by atoms with van der Waals surface area (Å²) >= 11 is 0. The molecule has 1 atom stereocenters. The molecule has 2 rings (SSSR count). The molecule has 0 aliphatic carbocycles. The molecule has 1 aliphatic rings. The lowest BCUT2D eigenvalue weighted by Gasteiger charge is -2.32. The van der Waals surface area contributed by atoms with Crippen LogP contribution in [0.15, 0.2) is 18.2 Å². The molecule has 1 aliphatic heterocycles. The summed E-state index contributed by atoms with van der Waals surface area (Å²) in [6, 6.07) is 6.33. The van der Waals surface area contributed by atoms with E-state index in [2.05, 4.69) is 10.2 Å². The van der Waals surface area contributed by atoms with Crippen LogP contribution in [0.4, 0.5) is 0 Å². The van der Waals surface area contributed by atoms with Crippen molar-refractivity contribution in [1.29, 1.82) is 0 Å². The number of carbonyl (C=O) groups excluding carboxylic acids is 1. The zero-order chi connectivity index (χ0) is 13.8. The van der Waals surface area contributed by atoms with Gasteiger partial charge in [-0.05, 0) is 56.6 Å². The quantitative estimate of drug-likeness (QED) is 0.858. The average Bonchev–Trinajstić information content (AvgIpc) is 2.41. The van der Waals surface area contributed by atoms with E-state index in [1.54, 1.807) is 0 Å². The first-order valence-corrected chi connectivity index (χ1v) is 6.89. The number of aryl methyl sites for hydroxylation is 1. The van der Waals surface area contributed by atoms with Crippen molar-refractivity contribution in [1.82, 2.24) is 10.2 Å². The highest BCUT2D eigenvalue weighted by Crippen LogP contribution is 2.17. The van der Waals surface area contributed by atoms with Gasteiger partial charge in [-0.25, -0.2) is 0 Å². The molecule has 1 aromatic rings. The molecule has 0 spiro atoms. The monoisotopic (exact) mass is 261 g/mol. The van der Waals surface area contributed by atoms with Gasteiger partial charge in [-0.2, -0.15) is 0 Å². The number of rotatable bonds is 4. The van der Waals surface area contributed by atoms with Gasteiger partial charge in [0.05, 0.1) is 0 Å². The summed E-state index contributed by atoms with van der Waals surface area (Å²) in [6.07, 6.45) is 2.50. The molecule has 1 aromatic carbocycles. The standard InChI is InChI=1S/C15H23N3O/c1-11-8-12(15(16)19)5-6-13(11)9-18-7-3-4-14(10-18)17-2/h5-6,8,14,17H,3-4,7,9-10H2,1-2H3,(H2,16,19). The highest BCUT2D eigenvalue weighted by atomic mass is 16.1. The number of hydrogen-bond acceptors (Lipinski definition) is 3. The fraction of sp³-hybridized carbons (Fsp3) is 0.533. The summed E-state index contributed by atoms with van der Waals surface area (Å²) in [5, 5.41) is 3.36. The number of carbonyl (C=O) groups is 1. The molecular weight excluding hydrogens is 238 g/mol. The minimum absolute atomic E-state index is 0.358. The van der Waals surface area contributed by atoms with Crippen molar-refractivity contribution in [2.24, 2.45) is 5.73 Å². The summed E-state index contributed by atoms with van der Waals surface area (Å²) in [4.78, 5) is 13.6. The van der Waals surface area contributed by atoms with Crippen molar-refractivity contribution in [2.75, 3.05) is 20.1 Å². The lowest BCUT2D eigenvalue weighted by Crippen LogP contribution is -2.43. The Balaban J connectivity index is 2.04. The number of hydrogen-bond donors (Lipinski definition) is 2. The lowest BCUT2D eigenvalue weighted by atomic mass is 10.0. The van der Waals surface area contributed by atoms with Crippen LogP contribution >= 0.6 is 0 Å². The summed E-state index contributed by atoms with van der Waals surface area (Å²) in [5.41, 5.74) is 8.31. The Labute approximate surface area is 115 Å². The number of primary amides is 1. The van der Waals surface area contributed by atoms with Gasteiger partial charge in [-0.1, -0.05) is 6.07 Å². The van der Waals surface area contributed by atoms with Crippen LogP contribution in [-0.4, -0.2) is 37.0 Å². The second kappa shape index (κ2) is 6.17. The largest absolute Gasteiger partial charge is 0.366 e. The third-order valence-corrected chi connectivity index (χ3v) is 3.93. The molecule has 4 nitrogen and oxygen atoms in total. The van der Waals surface area contributed by atoms with Crippen LogP contribution in [0.2, 0.25) is 0 Å². The number of benzene rings is 1. The van der Waals surface area contributed by atoms with Gasteiger partial charge in [-0.3, -0.25) is 9.69 Å². The van der Waals surface area contributed by atoms with Crippen LogP contribution in [0, 0.1) is 6.92 Å². The normalized spacial score (nSPS) is 20.4. The number of amides is 1. The molecule has 0 saturated carbocycles. The first-order valence-electron chi connectivity index (χ1n) is 6.89. The lowest BCUT2D eigenvalue weighted by molar-refractivity contribution is 0.1000. The number of likely N-dealkylation sites (tertiary alicyclic amines) is 1. The van der Waals surface area contributed by atoms with Gasteiger partial charge in [-0.15, -0.1) is 0 Å². The van der Waals surface area contributed by atoms with E-state index in [0.717, 1.165) is 25.2 Å². The minimum Gasteiger partial charge on any atom is -0.366 e. The predicted molar refractivity (Wildman–Crippen MR) is 77.1 cm³/mol. The molecule has 0 bridgehead atoms. The van der Waals surface area contributed by atoms with E-state index in [4.69, 9.17) is 5.73 Å². The minimum atomic E-state index is -0.358. The fourth-order valence-corrected chi connectivity index (χ4v) is 2.70. The maximum absolute atomic E-state index is 11.1. The van der Waals surface area contributed by atoms with Crippen LogP contribution < -0.4 is 11.1 Å². The van der Waals surface area contributed by atoms with E-state index >= 15 is 0 Å². The van der Waals surface area contributed by atoms with Gasteiger partial charge in [0.15, 0.2) is 0 Å². The summed E-state index contributed by atoms with van der Waals surface area (Å²) in [7, 11) is 2.03. The molecule has 4 heteroatoms. The highest BCUT2D eigenvalue weighted by Gasteiger charge is 2.18. The van der Waals surface area contributed by atoms with Gasteiger partial charge in [0.25, 0.3) is 0 Å². The second-order valence-electron chi connectivity index (χ2n) is 5.37. The molecule has 1 saturated heterocycles. The highest BCUT2D eigenvalue weighted by molar-refractivity contribution is 5.93. The van der Waals surface area contributed by atoms with Crippen molar-refractivity contribution in [2.45, 2.75) is 32.4 Å². The van der Waals surface area contributed by atoms with E-state index in [1.165, 1.54) is 18.4 Å². The Morgan fingerprint density at radius 2 is 2.32 bits per heavy atom. The maximum atomic E-state index is 11.1. The predicted octanol–water partition coefficient (Wildman–Crippen LogP) is 1.28. The van der Waals surface area contributed by atoms with Crippen LogP contribution in [0.25, 0.3) is 0 Å². The summed E-state index contributed by atoms with van der Waals surface area (Å²) < 4.78 is 0. The molecule has 1 fully saturated rings. The number of nitrogens with two attached hydrogens (primary N) is 1. The maximum Gasteiger partial charge on any atom is 0.248 e. The molecule has 19 heavy (non-hydrogen) atoms. The Morgan fingerprint density at radius 1 is 1.53 bits per heavy atom. The summed E-state index contributed by atoms with van der Waals surface area (Å²) in [6.45, 7) is 5.23. The Kier molecular flexibility index (Phi) is 4.56. The van der Waals surface area contributed by atoms with Crippen molar-refractivity contribution in [3.63, 3.8) is 0 Å². The SMILES string of the molecule is CNC1CCCN(Cc2ccc(C(N)=O)cc2C)C1. The number of nitrogens with zero attached hydrogens (tertiary/aromatic N) is 1. The van der Waals surface area contributed by atoms with Gasteiger partial charge >= 0.3 is 0 Å². The zero-order valence-corrected chi connectivity index (χ0v) is 11.8. The van der Waals surface area contributed by atoms with Crippen LogP contribution in [0.5, 0.6) is 0 Å². The topological polar surface area (TPSA) is 58.4 Å². The Morgan fingerprint density at radius 3 is 2.95 bits per heavy atom. The third kappa shape index (κ3) is 3.55. The first-order chi connectivity index (χ1) is 9.10. The van der Waals surface area contributed by atoms with Crippen molar-refractivity contribution in [3.8, 4) is 0 Å².